The number of benzene rings is 1. The minimum Gasteiger partial charge on any atom is -0.383 e. The Labute approximate surface area is 124 Å². The lowest BCUT2D eigenvalue weighted by atomic mass is 10.1. The van der Waals surface area contributed by atoms with E-state index in [1.54, 1.807) is 24.4 Å². The van der Waals surface area contributed by atoms with Crippen LogP contribution >= 0.6 is 11.3 Å². The van der Waals surface area contributed by atoms with Crippen LogP contribution in [0.4, 0.5) is 19.3 Å². The lowest BCUT2D eigenvalue weighted by Gasteiger charge is -2.22. The molecule has 0 spiro atoms. The monoisotopic (exact) mass is 312 g/mol. The van der Waals surface area contributed by atoms with Gasteiger partial charge in [0.25, 0.3) is 0 Å². The smallest absolute Gasteiger partial charge is 0.319 e. The molecule has 0 aliphatic heterocycles. The molecule has 21 heavy (non-hydrogen) atoms. The maximum absolute atomic E-state index is 13.4. The molecule has 0 aliphatic rings. The van der Waals surface area contributed by atoms with Gasteiger partial charge in [-0.3, -0.25) is 0 Å². The first-order chi connectivity index (χ1) is 9.90. The van der Waals surface area contributed by atoms with E-state index in [-0.39, 0.29) is 6.54 Å². The number of halogens is 2. The van der Waals surface area contributed by atoms with E-state index in [0.717, 1.165) is 12.1 Å². The lowest BCUT2D eigenvalue weighted by Crippen LogP contribution is -2.40. The minimum absolute atomic E-state index is 0.0879. The zero-order chi connectivity index (χ0) is 15.5. The number of anilines is 1. The molecule has 1 aromatic carbocycles. The van der Waals surface area contributed by atoms with E-state index in [4.69, 9.17) is 0 Å². The number of nitrogens with one attached hydrogen (secondary N) is 2. The van der Waals surface area contributed by atoms with Gasteiger partial charge in [0.05, 0.1) is 6.54 Å². The number of urea groups is 1. The lowest BCUT2D eigenvalue weighted by molar-refractivity contribution is 0.0637. The van der Waals surface area contributed by atoms with Crippen molar-refractivity contribution in [3.8, 4) is 0 Å². The highest BCUT2D eigenvalue weighted by Crippen LogP contribution is 2.24. The number of carbonyl (C=O) groups is 1. The first-order valence-corrected chi connectivity index (χ1v) is 7.03. The van der Waals surface area contributed by atoms with Crippen molar-refractivity contribution >= 4 is 23.1 Å². The molecule has 0 aliphatic carbocycles. The van der Waals surface area contributed by atoms with Gasteiger partial charge in [-0.05, 0) is 30.5 Å². The molecule has 2 aromatic rings. The first-order valence-electron chi connectivity index (χ1n) is 6.15. The van der Waals surface area contributed by atoms with E-state index in [0.29, 0.717) is 4.88 Å². The molecule has 0 radical (unpaired) electrons. The van der Waals surface area contributed by atoms with Crippen molar-refractivity contribution in [1.29, 1.82) is 0 Å². The van der Waals surface area contributed by atoms with Crippen molar-refractivity contribution in [3.05, 3.63) is 52.2 Å². The molecule has 0 saturated carbocycles. The second kappa shape index (κ2) is 6.19. The van der Waals surface area contributed by atoms with Crippen molar-refractivity contribution in [3.63, 3.8) is 0 Å². The third-order valence-corrected chi connectivity index (χ3v) is 3.97. The highest BCUT2D eigenvalue weighted by atomic mass is 32.1. The van der Waals surface area contributed by atoms with Gasteiger partial charge in [-0.25, -0.2) is 13.6 Å². The van der Waals surface area contributed by atoms with Gasteiger partial charge in [0.1, 0.15) is 22.9 Å². The van der Waals surface area contributed by atoms with Crippen molar-refractivity contribution in [1.82, 2.24) is 5.32 Å². The molecule has 1 heterocycles. The Hall–Kier alpha value is -1.99. The Balaban J connectivity index is 1.97. The summed E-state index contributed by atoms with van der Waals surface area (Å²) in [6, 6.07) is 6.01. The van der Waals surface area contributed by atoms with Gasteiger partial charge in [-0.2, -0.15) is 0 Å². The van der Waals surface area contributed by atoms with E-state index in [9.17, 15) is 18.7 Å². The molecule has 2 amide bonds. The zero-order valence-electron chi connectivity index (χ0n) is 11.2. The van der Waals surface area contributed by atoms with Gasteiger partial charge in [-0.1, -0.05) is 12.1 Å². The Morgan fingerprint density at radius 3 is 2.52 bits per heavy atom. The summed E-state index contributed by atoms with van der Waals surface area (Å²) in [6.45, 7) is 1.46. The van der Waals surface area contributed by atoms with Crippen LogP contribution in [0.2, 0.25) is 0 Å². The third kappa shape index (κ3) is 3.77. The molecule has 4 nitrogen and oxygen atoms in total. The van der Waals surface area contributed by atoms with Gasteiger partial charge in [0.15, 0.2) is 0 Å². The summed E-state index contributed by atoms with van der Waals surface area (Å²) < 4.78 is 26.8. The van der Waals surface area contributed by atoms with Crippen LogP contribution < -0.4 is 10.6 Å². The Morgan fingerprint density at radius 1 is 1.29 bits per heavy atom. The number of hydrogen-bond acceptors (Lipinski definition) is 3. The number of thiophene rings is 1. The predicted octanol–water partition coefficient (Wildman–Crippen LogP) is 3.06. The molecule has 0 saturated heterocycles. The van der Waals surface area contributed by atoms with Crippen molar-refractivity contribution < 1.29 is 18.7 Å². The number of para-hydroxylation sites is 1. The summed E-state index contributed by atoms with van der Waals surface area (Å²) in [7, 11) is 0. The minimum atomic E-state index is -1.25. The summed E-state index contributed by atoms with van der Waals surface area (Å²) in [6.07, 6.45) is 0. The van der Waals surface area contributed by atoms with Crippen molar-refractivity contribution in [2.24, 2.45) is 0 Å². The molecule has 3 N–H and O–H groups in total. The Bertz CT molecular complexity index is 610. The molecular formula is C14H14F2N2O2S. The van der Waals surface area contributed by atoms with Crippen LogP contribution in [0.15, 0.2) is 35.7 Å². The maximum atomic E-state index is 13.4. The number of hydrogen-bond donors (Lipinski definition) is 3. The molecule has 1 aromatic heterocycles. The summed E-state index contributed by atoms with van der Waals surface area (Å²) >= 11 is 1.35. The molecular weight excluding hydrogens is 298 g/mol. The standard InChI is InChI=1S/C14H14F2N2O2S/c1-14(20,11-6-3-7-21-11)8-17-13(19)18-12-9(15)4-2-5-10(12)16/h2-7,20H,8H2,1H3,(H2,17,18,19). The van der Waals surface area contributed by atoms with Crippen LogP contribution in [0.1, 0.15) is 11.8 Å². The third-order valence-electron chi connectivity index (χ3n) is 2.85. The van der Waals surface area contributed by atoms with Crippen molar-refractivity contribution in [2.45, 2.75) is 12.5 Å². The summed E-state index contributed by atoms with van der Waals surface area (Å²) in [5, 5.41) is 16.5. The highest BCUT2D eigenvalue weighted by molar-refractivity contribution is 7.10. The van der Waals surface area contributed by atoms with Crippen LogP contribution in [0.5, 0.6) is 0 Å². The highest BCUT2D eigenvalue weighted by Gasteiger charge is 2.25. The Morgan fingerprint density at radius 2 is 1.95 bits per heavy atom. The van der Waals surface area contributed by atoms with Gasteiger partial charge >= 0.3 is 6.03 Å². The summed E-state index contributed by atoms with van der Waals surface area (Å²) in [5.41, 5.74) is -1.77. The van der Waals surface area contributed by atoms with Gasteiger partial charge < -0.3 is 15.7 Å². The Kier molecular flexibility index (Phi) is 4.54. The number of amides is 2. The molecule has 1 unspecified atom stereocenters. The quantitative estimate of drug-likeness (QED) is 0.812. The molecule has 112 valence electrons. The van der Waals surface area contributed by atoms with E-state index in [1.165, 1.54) is 17.4 Å². The fourth-order valence-corrected chi connectivity index (χ4v) is 2.49. The topological polar surface area (TPSA) is 61.4 Å². The molecule has 1 atom stereocenters. The van der Waals surface area contributed by atoms with Crippen LogP contribution in [-0.2, 0) is 5.60 Å². The first kappa shape index (κ1) is 15.4. The predicted molar refractivity (Wildman–Crippen MR) is 77.3 cm³/mol. The molecule has 2 rings (SSSR count). The van der Waals surface area contributed by atoms with E-state index < -0.39 is 29.0 Å². The van der Waals surface area contributed by atoms with E-state index in [1.807, 2.05) is 0 Å². The average molecular weight is 312 g/mol. The summed E-state index contributed by atoms with van der Waals surface area (Å²) in [4.78, 5) is 12.4. The molecule has 0 bridgehead atoms. The second-order valence-corrected chi connectivity index (χ2v) is 5.60. The van der Waals surface area contributed by atoms with Crippen LogP contribution in [0.3, 0.4) is 0 Å². The van der Waals surface area contributed by atoms with Gasteiger partial charge in [0.2, 0.25) is 0 Å². The summed E-state index contributed by atoms with van der Waals surface area (Å²) in [5.74, 6) is -1.73. The van der Waals surface area contributed by atoms with E-state index in [2.05, 4.69) is 10.6 Å². The van der Waals surface area contributed by atoms with E-state index >= 15 is 0 Å². The number of carbonyl (C=O) groups excluding carboxylic acids is 1. The fraction of sp³-hybridized carbons (Fsp3) is 0.214. The second-order valence-electron chi connectivity index (χ2n) is 4.66. The van der Waals surface area contributed by atoms with Crippen LogP contribution in [0.25, 0.3) is 0 Å². The van der Waals surface area contributed by atoms with Gasteiger partial charge in [-0.15, -0.1) is 11.3 Å². The SMILES string of the molecule is CC(O)(CNC(=O)Nc1c(F)cccc1F)c1cccs1. The molecule has 0 fully saturated rings. The number of rotatable bonds is 4. The largest absolute Gasteiger partial charge is 0.383 e. The normalized spacial score (nSPS) is 13.5. The van der Waals surface area contributed by atoms with Crippen LogP contribution in [0, 0.1) is 11.6 Å². The maximum Gasteiger partial charge on any atom is 0.319 e. The average Bonchev–Trinajstić information content (AvgIpc) is 2.96. The van der Waals surface area contributed by atoms with Crippen LogP contribution in [-0.4, -0.2) is 17.7 Å². The zero-order valence-corrected chi connectivity index (χ0v) is 12.0. The fourth-order valence-electron chi connectivity index (χ4n) is 1.70. The number of aliphatic hydroxyl groups is 1. The van der Waals surface area contributed by atoms with Crippen molar-refractivity contribution in [2.75, 3.05) is 11.9 Å². The van der Waals surface area contributed by atoms with Gasteiger partial charge in [0, 0.05) is 4.88 Å². The molecule has 7 heteroatoms.